The summed E-state index contributed by atoms with van der Waals surface area (Å²) >= 11 is 0. The molecule has 1 fully saturated rings. The van der Waals surface area contributed by atoms with Crippen molar-refractivity contribution in [3.8, 4) is 11.7 Å². The molecule has 0 atom stereocenters. The number of aryl methyl sites for hydroxylation is 1. The number of benzene rings is 1. The summed E-state index contributed by atoms with van der Waals surface area (Å²) in [7, 11) is 3.42. The lowest BCUT2D eigenvalue weighted by Gasteiger charge is -2.32. The van der Waals surface area contributed by atoms with E-state index in [-0.39, 0.29) is 17.4 Å². The van der Waals surface area contributed by atoms with Crippen molar-refractivity contribution in [2.24, 2.45) is 13.0 Å². The Balaban J connectivity index is 1.25. The van der Waals surface area contributed by atoms with Gasteiger partial charge >= 0.3 is 0 Å². The van der Waals surface area contributed by atoms with Crippen molar-refractivity contribution >= 4 is 16.8 Å². The van der Waals surface area contributed by atoms with Gasteiger partial charge < -0.3 is 9.64 Å². The molecule has 1 aliphatic heterocycles. The molecule has 1 aliphatic rings. The second-order valence-corrected chi connectivity index (χ2v) is 8.15. The summed E-state index contributed by atoms with van der Waals surface area (Å²) in [5.41, 5.74) is 1.18. The van der Waals surface area contributed by atoms with Crippen LogP contribution in [0.5, 0.6) is 5.88 Å². The van der Waals surface area contributed by atoms with E-state index in [2.05, 4.69) is 20.3 Å². The molecule has 0 radical (unpaired) electrons. The summed E-state index contributed by atoms with van der Waals surface area (Å²) in [5.74, 6) is 1.46. The molecule has 11 nitrogen and oxygen atoms in total. The van der Waals surface area contributed by atoms with Crippen LogP contribution in [0.4, 0.5) is 0 Å². The summed E-state index contributed by atoms with van der Waals surface area (Å²) in [6.07, 6.45) is 4.56. The molecule has 5 rings (SSSR count). The number of carbonyl (C=O) groups excluding carboxylic acids is 1. The van der Waals surface area contributed by atoms with Crippen LogP contribution in [0.3, 0.4) is 0 Å². The van der Waals surface area contributed by atoms with Crippen LogP contribution in [-0.2, 0) is 13.6 Å². The van der Waals surface area contributed by atoms with Gasteiger partial charge in [0.2, 0.25) is 5.88 Å². The summed E-state index contributed by atoms with van der Waals surface area (Å²) in [4.78, 5) is 31.2. The Bertz CT molecular complexity index is 1350. The van der Waals surface area contributed by atoms with Crippen molar-refractivity contribution in [3.05, 3.63) is 58.9 Å². The van der Waals surface area contributed by atoms with Gasteiger partial charge in [0.25, 0.3) is 11.5 Å². The van der Waals surface area contributed by atoms with Crippen molar-refractivity contribution < 1.29 is 9.53 Å². The fourth-order valence-electron chi connectivity index (χ4n) is 4.32. The van der Waals surface area contributed by atoms with Crippen LogP contribution in [0.25, 0.3) is 16.7 Å². The van der Waals surface area contributed by atoms with Crippen LogP contribution in [0.2, 0.25) is 0 Å². The Kier molecular flexibility index (Phi) is 5.37. The van der Waals surface area contributed by atoms with Crippen molar-refractivity contribution in [3.63, 3.8) is 0 Å². The number of methoxy groups -OCH3 is 1. The maximum absolute atomic E-state index is 13.1. The molecule has 33 heavy (non-hydrogen) atoms. The summed E-state index contributed by atoms with van der Waals surface area (Å²) in [5, 5.41) is 13.8. The highest BCUT2D eigenvalue weighted by atomic mass is 16.5. The summed E-state index contributed by atoms with van der Waals surface area (Å²) in [6.45, 7) is 1.76. The number of hydrogen-bond acceptors (Lipinski definition) is 7. The second kappa shape index (κ2) is 8.49. The molecule has 3 aromatic heterocycles. The number of rotatable bonds is 5. The van der Waals surface area contributed by atoms with Gasteiger partial charge in [-0.25, -0.2) is 19.0 Å². The Hall–Kier alpha value is -4.02. The zero-order chi connectivity index (χ0) is 22.9. The van der Waals surface area contributed by atoms with Crippen LogP contribution in [-0.4, -0.2) is 65.3 Å². The maximum atomic E-state index is 13.1. The first-order valence-corrected chi connectivity index (χ1v) is 10.8. The molecule has 0 unspecified atom stereocenters. The third-order valence-corrected chi connectivity index (χ3v) is 6.06. The molecular weight excluding hydrogens is 424 g/mol. The van der Waals surface area contributed by atoms with Crippen molar-refractivity contribution in [2.45, 2.75) is 19.4 Å². The van der Waals surface area contributed by atoms with E-state index in [1.807, 2.05) is 30.1 Å². The molecule has 0 spiro atoms. The van der Waals surface area contributed by atoms with Crippen LogP contribution in [0.1, 0.15) is 23.2 Å². The van der Waals surface area contributed by atoms with Gasteiger partial charge in [-0.3, -0.25) is 9.59 Å². The highest BCUT2D eigenvalue weighted by molar-refractivity contribution is 5.98. The zero-order valence-corrected chi connectivity index (χ0v) is 18.5. The Morgan fingerprint density at radius 1 is 1.15 bits per heavy atom. The number of amides is 1. The maximum Gasteiger partial charge on any atom is 0.266 e. The lowest BCUT2D eigenvalue weighted by atomic mass is 9.96. The Morgan fingerprint density at radius 2 is 1.97 bits per heavy atom. The van der Waals surface area contributed by atoms with E-state index in [4.69, 9.17) is 4.74 Å². The average Bonchev–Trinajstić information content (AvgIpc) is 3.47. The molecule has 1 aromatic carbocycles. The van der Waals surface area contributed by atoms with Crippen LogP contribution in [0, 0.1) is 5.92 Å². The van der Waals surface area contributed by atoms with Gasteiger partial charge in [0, 0.05) is 38.3 Å². The normalized spacial score (nSPS) is 14.7. The van der Waals surface area contributed by atoms with Crippen molar-refractivity contribution in [1.29, 1.82) is 0 Å². The minimum Gasteiger partial charge on any atom is -0.481 e. The third kappa shape index (κ3) is 3.97. The fraction of sp³-hybridized carbons (Fsp3) is 0.364. The molecule has 4 aromatic rings. The predicted molar refractivity (Wildman–Crippen MR) is 119 cm³/mol. The number of fused-ring (bicyclic) bond motifs is 1. The van der Waals surface area contributed by atoms with Crippen molar-refractivity contribution in [1.82, 2.24) is 39.2 Å². The molecule has 0 bridgehead atoms. The minimum absolute atomic E-state index is 0.0107. The molecule has 1 saturated heterocycles. The van der Waals surface area contributed by atoms with Gasteiger partial charge in [-0.05, 0) is 43.0 Å². The van der Waals surface area contributed by atoms with E-state index in [1.54, 1.807) is 24.2 Å². The van der Waals surface area contributed by atoms with E-state index in [1.165, 1.54) is 21.8 Å². The van der Waals surface area contributed by atoms with E-state index >= 15 is 0 Å². The molecule has 0 saturated carbocycles. The van der Waals surface area contributed by atoms with Crippen LogP contribution < -0.4 is 10.3 Å². The fourth-order valence-corrected chi connectivity index (χ4v) is 4.32. The van der Waals surface area contributed by atoms with Crippen molar-refractivity contribution in [2.75, 3.05) is 20.2 Å². The molecule has 0 aliphatic carbocycles. The predicted octanol–water partition coefficient (Wildman–Crippen LogP) is 1.27. The second-order valence-electron chi connectivity index (χ2n) is 8.15. The largest absolute Gasteiger partial charge is 0.481 e. The highest BCUT2D eigenvalue weighted by Crippen LogP contribution is 2.27. The first-order chi connectivity index (χ1) is 16.0. The number of piperidine rings is 1. The Labute approximate surface area is 189 Å². The number of aromatic nitrogens is 7. The average molecular weight is 448 g/mol. The Morgan fingerprint density at radius 3 is 2.70 bits per heavy atom. The van der Waals surface area contributed by atoms with E-state index in [0.29, 0.717) is 36.9 Å². The number of nitrogens with zero attached hydrogens (tertiary/aromatic N) is 8. The number of ether oxygens (including phenoxy) is 1. The van der Waals surface area contributed by atoms with Gasteiger partial charge in [-0.1, -0.05) is 0 Å². The smallest absolute Gasteiger partial charge is 0.266 e. The lowest BCUT2D eigenvalue weighted by Crippen LogP contribution is -2.40. The monoisotopic (exact) mass is 448 g/mol. The van der Waals surface area contributed by atoms with E-state index < -0.39 is 0 Å². The zero-order valence-electron chi connectivity index (χ0n) is 18.5. The molecule has 1 amide bonds. The van der Waals surface area contributed by atoms with Gasteiger partial charge in [0.05, 0.1) is 18.0 Å². The number of likely N-dealkylation sites (tertiary alicyclic amines) is 1. The molecule has 11 heteroatoms. The third-order valence-electron chi connectivity index (χ3n) is 6.06. The standard InChI is InChI=1S/C22H24N8O3/c1-27-22(33-2)17-4-3-16(11-18(17)25-27)21(32)28-9-7-15(8-10-28)12-29-20(31)6-5-19(26-29)30-14-23-13-24-30/h3-6,11,13-15H,7-10,12H2,1-2H3. The summed E-state index contributed by atoms with van der Waals surface area (Å²) < 4.78 is 10.0. The van der Waals surface area contributed by atoms with Gasteiger partial charge in [0.15, 0.2) is 5.82 Å². The molecule has 170 valence electrons. The van der Waals surface area contributed by atoms with Crippen LogP contribution >= 0.6 is 0 Å². The highest BCUT2D eigenvalue weighted by Gasteiger charge is 2.25. The first kappa shape index (κ1) is 20.9. The van der Waals surface area contributed by atoms with E-state index in [9.17, 15) is 9.59 Å². The quantitative estimate of drug-likeness (QED) is 0.452. The first-order valence-electron chi connectivity index (χ1n) is 10.8. The van der Waals surface area contributed by atoms with Gasteiger partial charge in [0.1, 0.15) is 12.7 Å². The topological polar surface area (TPSA) is 113 Å². The molecular formula is C22H24N8O3. The minimum atomic E-state index is -0.156. The summed E-state index contributed by atoms with van der Waals surface area (Å²) in [6, 6.07) is 8.63. The number of carbonyl (C=O) groups is 1. The molecule has 0 N–H and O–H groups in total. The van der Waals surface area contributed by atoms with Crippen LogP contribution in [0.15, 0.2) is 47.8 Å². The van der Waals surface area contributed by atoms with Gasteiger partial charge in [-0.15, -0.1) is 5.10 Å². The number of hydrogen-bond donors (Lipinski definition) is 0. The SMILES string of the molecule is COc1c2ccc(C(=O)N3CCC(Cn4nc(-n5cncn5)ccc4=O)CC3)cc2nn1C. The molecule has 4 heterocycles. The van der Waals surface area contributed by atoms with Gasteiger partial charge in [-0.2, -0.15) is 10.2 Å². The lowest BCUT2D eigenvalue weighted by molar-refractivity contribution is 0.0680. The van der Waals surface area contributed by atoms with E-state index in [0.717, 1.165) is 23.7 Å².